The van der Waals surface area contributed by atoms with Gasteiger partial charge in [-0.3, -0.25) is 9.79 Å². The summed E-state index contributed by atoms with van der Waals surface area (Å²) in [6.07, 6.45) is 3.64. The van der Waals surface area contributed by atoms with Crippen molar-refractivity contribution in [1.29, 1.82) is 0 Å². The van der Waals surface area contributed by atoms with Crippen LogP contribution >= 0.6 is 24.0 Å². The average Bonchev–Trinajstić information content (AvgIpc) is 3.35. The molecule has 0 saturated carbocycles. The molecule has 1 aromatic heterocycles. The number of nitrogens with zero attached hydrogens (tertiary/aromatic N) is 1. The first-order chi connectivity index (χ1) is 13.1. The van der Waals surface area contributed by atoms with Crippen molar-refractivity contribution in [1.82, 2.24) is 10.6 Å². The van der Waals surface area contributed by atoms with Gasteiger partial charge in [0.15, 0.2) is 11.7 Å². The highest BCUT2D eigenvalue weighted by Gasteiger charge is 2.29. The fourth-order valence-electron chi connectivity index (χ4n) is 2.96. The van der Waals surface area contributed by atoms with Crippen LogP contribution in [0.4, 0.5) is 5.69 Å². The molecule has 2 aromatic rings. The van der Waals surface area contributed by atoms with Crippen molar-refractivity contribution in [2.75, 3.05) is 25.5 Å². The van der Waals surface area contributed by atoms with Gasteiger partial charge in [-0.15, -0.1) is 24.0 Å². The van der Waals surface area contributed by atoms with E-state index < -0.39 is 0 Å². The smallest absolute Gasteiger partial charge is 0.291 e. The Morgan fingerprint density at radius 2 is 2.00 bits per heavy atom. The van der Waals surface area contributed by atoms with Crippen LogP contribution in [0.2, 0.25) is 0 Å². The lowest BCUT2D eigenvalue weighted by Crippen LogP contribution is -2.45. The molecular formula is C20H27IN4O3. The van der Waals surface area contributed by atoms with Gasteiger partial charge in [0.25, 0.3) is 5.91 Å². The Morgan fingerprint density at radius 1 is 1.21 bits per heavy atom. The van der Waals surface area contributed by atoms with Gasteiger partial charge in [-0.1, -0.05) is 12.1 Å². The number of hydrogen-bond donors (Lipinski definition) is 3. The van der Waals surface area contributed by atoms with Gasteiger partial charge < -0.3 is 25.1 Å². The van der Waals surface area contributed by atoms with Crippen molar-refractivity contribution in [3.8, 4) is 0 Å². The van der Waals surface area contributed by atoms with E-state index in [9.17, 15) is 4.79 Å². The molecule has 8 heteroatoms. The van der Waals surface area contributed by atoms with Crippen LogP contribution in [0.5, 0.6) is 0 Å². The number of aliphatic imine (C=N–C) groups is 1. The maximum Gasteiger partial charge on any atom is 0.291 e. The molecule has 0 spiro atoms. The Balaban J connectivity index is 0.00000280. The summed E-state index contributed by atoms with van der Waals surface area (Å²) in [4.78, 5) is 16.2. The number of guanidine groups is 1. The van der Waals surface area contributed by atoms with E-state index in [4.69, 9.17) is 9.15 Å². The van der Waals surface area contributed by atoms with Crippen LogP contribution in [-0.4, -0.2) is 37.7 Å². The molecule has 1 unspecified atom stereocenters. The van der Waals surface area contributed by atoms with Gasteiger partial charge in [0, 0.05) is 32.4 Å². The molecule has 0 bridgehead atoms. The standard InChI is InChI=1S/C20H26N4O3.HI/c1-20(10-4-12-27-20)14-23-19(21-2)22-13-15-6-8-16(9-7-15)24-18(25)17-5-3-11-26-17;/h3,5-9,11H,4,10,12-14H2,1-2H3,(H,24,25)(H2,21,22,23);1H. The number of rotatable bonds is 6. The van der Waals surface area contributed by atoms with E-state index in [0.29, 0.717) is 12.2 Å². The van der Waals surface area contributed by atoms with Gasteiger partial charge in [-0.25, -0.2) is 0 Å². The summed E-state index contributed by atoms with van der Waals surface area (Å²) >= 11 is 0. The van der Waals surface area contributed by atoms with E-state index in [0.717, 1.165) is 37.5 Å². The molecule has 3 rings (SSSR count). The monoisotopic (exact) mass is 498 g/mol. The zero-order valence-electron chi connectivity index (χ0n) is 16.2. The molecule has 3 N–H and O–H groups in total. The third-order valence-electron chi connectivity index (χ3n) is 4.57. The summed E-state index contributed by atoms with van der Waals surface area (Å²) in [5.74, 6) is 0.760. The second-order valence-corrected chi connectivity index (χ2v) is 6.81. The molecule has 7 nitrogen and oxygen atoms in total. The highest BCUT2D eigenvalue weighted by Crippen LogP contribution is 2.23. The lowest BCUT2D eigenvalue weighted by molar-refractivity contribution is 0.0243. The van der Waals surface area contributed by atoms with Crippen LogP contribution in [0.3, 0.4) is 0 Å². The zero-order chi connectivity index (χ0) is 19.1. The lowest BCUT2D eigenvalue weighted by atomic mass is 10.0. The predicted molar refractivity (Wildman–Crippen MR) is 120 cm³/mol. The molecule has 1 fully saturated rings. The fourth-order valence-corrected chi connectivity index (χ4v) is 2.96. The number of carbonyl (C=O) groups is 1. The second-order valence-electron chi connectivity index (χ2n) is 6.81. The van der Waals surface area contributed by atoms with Gasteiger partial charge in [0.2, 0.25) is 0 Å². The van der Waals surface area contributed by atoms with Crippen LogP contribution in [0, 0.1) is 0 Å². The first-order valence-corrected chi connectivity index (χ1v) is 9.10. The minimum absolute atomic E-state index is 0. The third-order valence-corrected chi connectivity index (χ3v) is 4.57. The Morgan fingerprint density at radius 3 is 2.61 bits per heavy atom. The summed E-state index contributed by atoms with van der Waals surface area (Å²) in [5.41, 5.74) is 1.68. The summed E-state index contributed by atoms with van der Waals surface area (Å²) in [7, 11) is 1.75. The minimum atomic E-state index is -0.266. The highest BCUT2D eigenvalue weighted by atomic mass is 127. The molecule has 1 saturated heterocycles. The Bertz CT molecular complexity index is 769. The van der Waals surface area contributed by atoms with E-state index in [1.807, 2.05) is 24.3 Å². The number of hydrogen-bond acceptors (Lipinski definition) is 4. The topological polar surface area (TPSA) is 87.9 Å². The van der Waals surface area contributed by atoms with E-state index in [2.05, 4.69) is 27.9 Å². The molecule has 1 aliphatic rings. The molecular weight excluding hydrogens is 471 g/mol. The Labute approximate surface area is 182 Å². The van der Waals surface area contributed by atoms with Crippen molar-refractivity contribution in [2.24, 2.45) is 4.99 Å². The molecule has 0 aliphatic carbocycles. The van der Waals surface area contributed by atoms with Crippen molar-refractivity contribution in [3.05, 3.63) is 54.0 Å². The number of ether oxygens (including phenoxy) is 1. The van der Waals surface area contributed by atoms with Gasteiger partial charge in [-0.05, 0) is 49.6 Å². The third kappa shape index (κ3) is 6.23. The second kappa shape index (κ2) is 10.5. The van der Waals surface area contributed by atoms with E-state index >= 15 is 0 Å². The van der Waals surface area contributed by atoms with Gasteiger partial charge in [0.1, 0.15) is 0 Å². The molecule has 0 radical (unpaired) electrons. The molecule has 1 aromatic carbocycles. The maximum absolute atomic E-state index is 12.0. The van der Waals surface area contributed by atoms with E-state index in [-0.39, 0.29) is 41.2 Å². The molecule has 1 amide bonds. The predicted octanol–water partition coefficient (Wildman–Crippen LogP) is 3.38. The maximum atomic E-state index is 12.0. The highest BCUT2D eigenvalue weighted by molar-refractivity contribution is 14.0. The van der Waals surface area contributed by atoms with Crippen LogP contribution in [0.1, 0.15) is 35.9 Å². The summed E-state index contributed by atoms with van der Waals surface area (Å²) < 4.78 is 10.9. The number of benzene rings is 1. The van der Waals surface area contributed by atoms with Crippen molar-refractivity contribution >= 4 is 41.5 Å². The SMILES string of the molecule is CN=C(NCc1ccc(NC(=O)c2ccco2)cc1)NCC1(C)CCCO1.I. The zero-order valence-corrected chi connectivity index (χ0v) is 18.5. The Kier molecular flexibility index (Phi) is 8.31. The molecule has 1 aliphatic heterocycles. The van der Waals surface area contributed by atoms with Crippen molar-refractivity contribution in [3.63, 3.8) is 0 Å². The van der Waals surface area contributed by atoms with Crippen molar-refractivity contribution < 1.29 is 13.9 Å². The number of halogens is 1. The van der Waals surface area contributed by atoms with Gasteiger partial charge in [-0.2, -0.15) is 0 Å². The Hall–Kier alpha value is -2.07. The van der Waals surface area contributed by atoms with Gasteiger partial charge >= 0.3 is 0 Å². The number of amides is 1. The largest absolute Gasteiger partial charge is 0.459 e. The number of furan rings is 1. The first kappa shape index (κ1) is 22.2. The summed E-state index contributed by atoms with van der Waals surface area (Å²) in [6, 6.07) is 11.0. The van der Waals surface area contributed by atoms with Crippen LogP contribution in [0.25, 0.3) is 0 Å². The normalized spacial score (nSPS) is 19.0. The fraction of sp³-hybridized carbons (Fsp3) is 0.400. The summed E-state index contributed by atoms with van der Waals surface area (Å²) in [5, 5.41) is 9.41. The molecule has 1 atom stereocenters. The number of anilines is 1. The van der Waals surface area contributed by atoms with Gasteiger partial charge in [0.05, 0.1) is 11.9 Å². The quantitative estimate of drug-likeness (QED) is 0.323. The molecule has 152 valence electrons. The van der Waals surface area contributed by atoms with Crippen molar-refractivity contribution in [2.45, 2.75) is 31.9 Å². The minimum Gasteiger partial charge on any atom is -0.459 e. The summed E-state index contributed by atoms with van der Waals surface area (Å²) in [6.45, 7) is 4.30. The first-order valence-electron chi connectivity index (χ1n) is 9.10. The number of carbonyl (C=O) groups excluding carboxylic acids is 1. The number of nitrogens with one attached hydrogen (secondary N) is 3. The van der Waals surface area contributed by atoms with Crippen LogP contribution in [-0.2, 0) is 11.3 Å². The average molecular weight is 498 g/mol. The molecule has 2 heterocycles. The molecule has 28 heavy (non-hydrogen) atoms. The van der Waals surface area contributed by atoms with Crippen LogP contribution < -0.4 is 16.0 Å². The van der Waals surface area contributed by atoms with E-state index in [1.165, 1.54) is 6.26 Å². The van der Waals surface area contributed by atoms with E-state index in [1.54, 1.807) is 19.2 Å². The lowest BCUT2D eigenvalue weighted by Gasteiger charge is -2.24. The van der Waals surface area contributed by atoms with Crippen LogP contribution in [0.15, 0.2) is 52.1 Å².